The molecule has 4 rings (SSSR count). The summed E-state index contributed by atoms with van der Waals surface area (Å²) in [6, 6.07) is 15.9. The molecule has 0 fully saturated rings. The minimum atomic E-state index is -4.80. The van der Waals surface area contributed by atoms with Crippen molar-refractivity contribution in [1.82, 2.24) is 0 Å². The lowest BCUT2D eigenvalue weighted by Crippen LogP contribution is -2.16. The first kappa shape index (κ1) is 25.6. The molecule has 1 amide bonds. The number of carbonyl (C=O) groups is 1. The molecule has 1 heterocycles. The first-order valence-electron chi connectivity index (χ1n) is 10.00. The number of alkyl halides is 3. The van der Waals surface area contributed by atoms with Crippen molar-refractivity contribution in [3.63, 3.8) is 0 Å². The van der Waals surface area contributed by atoms with Crippen LogP contribution in [-0.4, -0.2) is 26.9 Å². The van der Waals surface area contributed by atoms with Gasteiger partial charge in [-0.1, -0.05) is 11.6 Å². The van der Waals surface area contributed by atoms with Crippen LogP contribution in [0, 0.1) is 0 Å². The fraction of sp³-hybridized carbons (Fsp3) is 0.0870. The van der Waals surface area contributed by atoms with E-state index in [0.717, 1.165) is 23.1 Å². The van der Waals surface area contributed by atoms with E-state index in [1.807, 2.05) is 0 Å². The molecule has 0 aliphatic carbocycles. The normalized spacial score (nSPS) is 11.8. The van der Waals surface area contributed by atoms with Crippen LogP contribution in [0.2, 0.25) is 5.02 Å². The Hall–Kier alpha value is -3.48. The van der Waals surface area contributed by atoms with Crippen LogP contribution in [0.15, 0.2) is 66.7 Å². The molecule has 0 aliphatic rings. The summed E-state index contributed by atoms with van der Waals surface area (Å²) >= 11 is 7.37. The number of rotatable bonds is 7. The average molecular weight is 557 g/mol. The summed E-state index contributed by atoms with van der Waals surface area (Å²) in [7, 11) is -3.44. The van der Waals surface area contributed by atoms with Gasteiger partial charge in [0.1, 0.15) is 17.2 Å². The van der Waals surface area contributed by atoms with Crippen LogP contribution in [0.3, 0.4) is 0 Å². The molecule has 4 aromatic rings. The number of fused-ring (bicyclic) bond motifs is 1. The highest BCUT2D eigenvalue weighted by molar-refractivity contribution is 7.92. The summed E-state index contributed by atoms with van der Waals surface area (Å²) in [5.74, 6) is -0.339. The van der Waals surface area contributed by atoms with Crippen LogP contribution >= 0.6 is 22.9 Å². The van der Waals surface area contributed by atoms with Crippen LogP contribution in [0.25, 0.3) is 10.1 Å². The van der Waals surface area contributed by atoms with E-state index < -0.39 is 28.0 Å². The summed E-state index contributed by atoms with van der Waals surface area (Å²) in [6.07, 6.45) is -3.75. The van der Waals surface area contributed by atoms with Gasteiger partial charge in [0.15, 0.2) is 0 Å². The molecule has 7 nitrogen and oxygen atoms in total. The van der Waals surface area contributed by atoms with Crippen molar-refractivity contribution in [1.29, 1.82) is 0 Å². The van der Waals surface area contributed by atoms with Gasteiger partial charge in [-0.15, -0.1) is 24.5 Å². The number of hydrogen-bond donors (Lipinski definition) is 2. The first-order chi connectivity index (χ1) is 16.8. The quantitative estimate of drug-likeness (QED) is 0.259. The molecule has 188 valence electrons. The standard InChI is InChI=1S/C23H16ClF3N2O5S2/c1-36(31,32)29-15-2-7-20-13(8-15)9-21(35-20)22(30)28-16-10-14(24)11-19(12-16)33-17-3-5-18(6-4-17)34-23(25,26)27/h2-12,29H,1H3,(H,28,30). The Balaban J connectivity index is 1.48. The number of benzene rings is 3. The van der Waals surface area contributed by atoms with Crippen LogP contribution < -0.4 is 19.5 Å². The molecule has 0 aliphatic heterocycles. The van der Waals surface area contributed by atoms with E-state index in [4.69, 9.17) is 16.3 Å². The molecular weight excluding hydrogens is 541 g/mol. The van der Waals surface area contributed by atoms with Crippen molar-refractivity contribution in [3.8, 4) is 17.2 Å². The predicted octanol–water partition coefficient (Wildman–Crippen LogP) is 6.87. The number of nitrogens with one attached hydrogen (secondary N) is 2. The Morgan fingerprint density at radius 1 is 0.917 bits per heavy atom. The smallest absolute Gasteiger partial charge is 0.457 e. The van der Waals surface area contributed by atoms with E-state index >= 15 is 0 Å². The number of carbonyl (C=O) groups excluding carboxylic acids is 1. The lowest BCUT2D eigenvalue weighted by atomic mass is 10.2. The maximum Gasteiger partial charge on any atom is 0.573 e. The number of thiophene rings is 1. The van der Waals surface area contributed by atoms with Gasteiger partial charge in [-0.2, -0.15) is 0 Å². The highest BCUT2D eigenvalue weighted by Gasteiger charge is 2.31. The Labute approximate surface area is 212 Å². The second-order valence-corrected chi connectivity index (χ2v) is 10.8. The zero-order chi connectivity index (χ0) is 26.1. The molecule has 0 bridgehead atoms. The van der Waals surface area contributed by atoms with E-state index in [1.54, 1.807) is 24.3 Å². The van der Waals surface area contributed by atoms with Gasteiger partial charge >= 0.3 is 6.36 Å². The molecule has 1 aromatic heterocycles. The molecule has 36 heavy (non-hydrogen) atoms. The number of anilines is 2. The Bertz CT molecular complexity index is 1540. The van der Waals surface area contributed by atoms with E-state index in [-0.39, 0.29) is 16.5 Å². The Morgan fingerprint density at radius 3 is 2.28 bits per heavy atom. The third-order valence-corrected chi connectivity index (χ3v) is 6.41. The minimum absolute atomic E-state index is 0.229. The number of hydrogen-bond acceptors (Lipinski definition) is 6. The van der Waals surface area contributed by atoms with Gasteiger partial charge in [-0.05, 0) is 66.0 Å². The molecule has 0 unspecified atom stereocenters. The molecular formula is C23H16ClF3N2O5S2. The Morgan fingerprint density at radius 2 is 1.61 bits per heavy atom. The minimum Gasteiger partial charge on any atom is -0.457 e. The molecule has 0 radical (unpaired) electrons. The van der Waals surface area contributed by atoms with Crippen LogP contribution in [0.1, 0.15) is 9.67 Å². The maximum atomic E-state index is 12.8. The summed E-state index contributed by atoms with van der Waals surface area (Å²) in [5.41, 5.74) is 0.709. The van der Waals surface area contributed by atoms with Crippen LogP contribution in [0.5, 0.6) is 17.2 Å². The van der Waals surface area contributed by atoms with Crippen molar-refractivity contribution in [2.75, 3.05) is 16.3 Å². The van der Waals surface area contributed by atoms with Crippen molar-refractivity contribution < 1.29 is 35.9 Å². The third kappa shape index (κ3) is 7.03. The maximum absolute atomic E-state index is 12.8. The fourth-order valence-corrected chi connectivity index (χ4v) is 4.88. The largest absolute Gasteiger partial charge is 0.573 e. The lowest BCUT2D eigenvalue weighted by molar-refractivity contribution is -0.274. The monoisotopic (exact) mass is 556 g/mol. The zero-order valence-corrected chi connectivity index (χ0v) is 20.6. The van der Waals surface area contributed by atoms with Crippen LogP contribution in [0.4, 0.5) is 24.5 Å². The number of halogens is 4. The molecule has 0 spiro atoms. The fourth-order valence-electron chi connectivity index (χ4n) is 3.16. The van der Waals surface area contributed by atoms with Gasteiger partial charge in [0, 0.05) is 27.2 Å². The van der Waals surface area contributed by atoms with Gasteiger partial charge in [-0.3, -0.25) is 9.52 Å². The van der Waals surface area contributed by atoms with E-state index in [1.165, 1.54) is 41.7 Å². The van der Waals surface area contributed by atoms with Crippen LogP contribution in [-0.2, 0) is 10.0 Å². The van der Waals surface area contributed by atoms with E-state index in [9.17, 15) is 26.4 Å². The molecule has 3 aromatic carbocycles. The van der Waals surface area contributed by atoms with Gasteiger partial charge in [0.25, 0.3) is 5.91 Å². The summed E-state index contributed by atoms with van der Waals surface area (Å²) in [6.45, 7) is 0. The number of ether oxygens (including phenoxy) is 2. The highest BCUT2D eigenvalue weighted by Crippen LogP contribution is 2.32. The molecule has 13 heteroatoms. The van der Waals surface area contributed by atoms with Crippen molar-refractivity contribution >= 4 is 60.3 Å². The number of amides is 1. The Kier molecular flexibility index (Phi) is 7.03. The second kappa shape index (κ2) is 9.88. The molecule has 0 saturated carbocycles. The van der Waals surface area contributed by atoms with E-state index in [0.29, 0.717) is 21.6 Å². The van der Waals surface area contributed by atoms with E-state index in [2.05, 4.69) is 14.8 Å². The van der Waals surface area contributed by atoms with Gasteiger partial charge in [-0.25, -0.2) is 8.42 Å². The average Bonchev–Trinajstić information content (AvgIpc) is 3.16. The summed E-state index contributed by atoms with van der Waals surface area (Å²) in [5, 5.41) is 3.67. The van der Waals surface area contributed by atoms with Gasteiger partial charge in [0.2, 0.25) is 10.0 Å². The van der Waals surface area contributed by atoms with Crippen molar-refractivity contribution in [3.05, 3.63) is 76.6 Å². The molecule has 2 N–H and O–H groups in total. The third-order valence-electron chi connectivity index (χ3n) is 4.47. The topological polar surface area (TPSA) is 93.7 Å². The van der Waals surface area contributed by atoms with Gasteiger partial charge in [0.05, 0.1) is 11.1 Å². The highest BCUT2D eigenvalue weighted by atomic mass is 35.5. The second-order valence-electron chi connectivity index (χ2n) is 7.49. The van der Waals surface area contributed by atoms with Gasteiger partial charge < -0.3 is 14.8 Å². The zero-order valence-electron chi connectivity index (χ0n) is 18.2. The first-order valence-corrected chi connectivity index (χ1v) is 13.1. The van der Waals surface area contributed by atoms with Crippen molar-refractivity contribution in [2.45, 2.75) is 6.36 Å². The van der Waals surface area contributed by atoms with Crippen molar-refractivity contribution in [2.24, 2.45) is 0 Å². The SMILES string of the molecule is CS(=O)(=O)Nc1ccc2sc(C(=O)Nc3cc(Cl)cc(Oc4ccc(OC(F)(F)F)cc4)c3)cc2c1. The lowest BCUT2D eigenvalue weighted by Gasteiger charge is -2.11. The summed E-state index contributed by atoms with van der Waals surface area (Å²) in [4.78, 5) is 13.2. The molecule has 0 saturated heterocycles. The number of sulfonamides is 1. The predicted molar refractivity (Wildman–Crippen MR) is 133 cm³/mol. The summed E-state index contributed by atoms with van der Waals surface area (Å²) < 4.78 is 72.5. The molecule has 0 atom stereocenters.